The van der Waals surface area contributed by atoms with Gasteiger partial charge in [0.1, 0.15) is 0 Å². The minimum atomic E-state index is 0.818. The summed E-state index contributed by atoms with van der Waals surface area (Å²) in [6.07, 6.45) is 5.85. The van der Waals surface area contributed by atoms with E-state index in [1.54, 1.807) is 0 Å². The first-order valence-corrected chi connectivity index (χ1v) is 7.77. The molecule has 0 aromatic carbocycles. The lowest BCUT2D eigenvalue weighted by Gasteiger charge is -2.30. The van der Waals surface area contributed by atoms with Crippen molar-refractivity contribution in [1.82, 2.24) is 20.0 Å². The average molecular weight is 264 g/mol. The van der Waals surface area contributed by atoms with Crippen molar-refractivity contribution < 1.29 is 0 Å². The number of hydrogen-bond donors (Lipinski definition) is 1. The molecule has 0 spiro atoms. The van der Waals surface area contributed by atoms with Crippen molar-refractivity contribution >= 4 is 0 Å². The van der Waals surface area contributed by atoms with Gasteiger partial charge in [-0.05, 0) is 57.8 Å². The molecule has 1 N–H and O–H groups in total. The van der Waals surface area contributed by atoms with Gasteiger partial charge in [0.25, 0.3) is 0 Å². The predicted octanol–water partition coefficient (Wildman–Crippen LogP) is 2.11. The van der Waals surface area contributed by atoms with Crippen LogP contribution in [-0.4, -0.2) is 40.9 Å². The van der Waals surface area contributed by atoms with Crippen LogP contribution in [0.4, 0.5) is 0 Å². The third-order valence-electron chi connectivity index (χ3n) is 3.94. The van der Waals surface area contributed by atoms with Gasteiger partial charge in [0.2, 0.25) is 0 Å². The van der Waals surface area contributed by atoms with Gasteiger partial charge in [0.15, 0.2) is 0 Å². The van der Waals surface area contributed by atoms with Gasteiger partial charge >= 0.3 is 0 Å². The Kier molecular flexibility index (Phi) is 5.86. The first-order valence-electron chi connectivity index (χ1n) is 7.77. The fourth-order valence-corrected chi connectivity index (χ4v) is 3.00. The summed E-state index contributed by atoms with van der Waals surface area (Å²) in [6, 6.07) is 2.16. The second kappa shape index (κ2) is 7.65. The largest absolute Gasteiger partial charge is 0.316 e. The van der Waals surface area contributed by atoms with Crippen LogP contribution >= 0.6 is 0 Å². The van der Waals surface area contributed by atoms with Crippen molar-refractivity contribution in [3.05, 3.63) is 18.0 Å². The van der Waals surface area contributed by atoms with Crippen molar-refractivity contribution in [2.75, 3.05) is 26.2 Å². The lowest BCUT2D eigenvalue weighted by atomic mass is 9.99. The van der Waals surface area contributed by atoms with Gasteiger partial charge in [-0.3, -0.25) is 9.58 Å². The van der Waals surface area contributed by atoms with Crippen molar-refractivity contribution in [3.63, 3.8) is 0 Å². The molecule has 1 saturated heterocycles. The Bertz CT molecular complexity index is 355. The van der Waals surface area contributed by atoms with E-state index in [0.717, 1.165) is 19.0 Å². The molecular formula is C15H28N4. The number of rotatable bonds is 7. The third-order valence-corrected chi connectivity index (χ3v) is 3.94. The highest BCUT2D eigenvalue weighted by Gasteiger charge is 2.17. The van der Waals surface area contributed by atoms with Gasteiger partial charge in [0, 0.05) is 25.8 Å². The Morgan fingerprint density at radius 2 is 2.37 bits per heavy atom. The minimum absolute atomic E-state index is 0.818. The summed E-state index contributed by atoms with van der Waals surface area (Å²) >= 11 is 0. The van der Waals surface area contributed by atoms with Gasteiger partial charge in [0.05, 0.1) is 5.69 Å². The van der Waals surface area contributed by atoms with E-state index in [1.165, 1.54) is 51.1 Å². The quantitative estimate of drug-likeness (QED) is 0.819. The highest BCUT2D eigenvalue weighted by molar-refractivity contribution is 5.00. The number of aryl methyl sites for hydroxylation is 1. The molecular weight excluding hydrogens is 236 g/mol. The van der Waals surface area contributed by atoms with Gasteiger partial charge in [-0.2, -0.15) is 5.10 Å². The minimum Gasteiger partial charge on any atom is -0.316 e. The summed E-state index contributed by atoms with van der Waals surface area (Å²) in [5.74, 6) is 0.818. The van der Waals surface area contributed by atoms with E-state index in [1.807, 2.05) is 6.20 Å². The molecule has 0 aliphatic carbocycles. The zero-order chi connectivity index (χ0) is 13.5. The highest BCUT2D eigenvalue weighted by atomic mass is 15.3. The normalized spacial score (nSPS) is 20.1. The molecule has 0 bridgehead atoms. The lowest BCUT2D eigenvalue weighted by molar-refractivity contribution is 0.197. The zero-order valence-electron chi connectivity index (χ0n) is 12.4. The number of hydrogen-bond acceptors (Lipinski definition) is 3. The molecule has 4 nitrogen and oxygen atoms in total. The zero-order valence-corrected chi connectivity index (χ0v) is 12.4. The van der Waals surface area contributed by atoms with Crippen LogP contribution in [0.15, 0.2) is 12.3 Å². The van der Waals surface area contributed by atoms with Crippen molar-refractivity contribution in [1.29, 1.82) is 0 Å². The maximum Gasteiger partial charge on any atom is 0.0524 e. The van der Waals surface area contributed by atoms with Crippen molar-refractivity contribution in [2.24, 2.45) is 5.92 Å². The molecule has 0 amide bonds. The summed E-state index contributed by atoms with van der Waals surface area (Å²) in [4.78, 5) is 2.60. The standard InChI is InChI=1S/C15H28N4/c1-3-10-18(12-14-6-5-8-16-11-14)13-15-7-9-17-19(15)4-2/h7,9,14,16H,3-6,8,10-13H2,1-2H3. The summed E-state index contributed by atoms with van der Waals surface area (Å²) < 4.78 is 2.11. The smallest absolute Gasteiger partial charge is 0.0524 e. The highest BCUT2D eigenvalue weighted by Crippen LogP contribution is 2.14. The van der Waals surface area contributed by atoms with Crippen LogP contribution in [-0.2, 0) is 13.1 Å². The molecule has 1 unspecified atom stereocenters. The van der Waals surface area contributed by atoms with Gasteiger partial charge in [-0.25, -0.2) is 0 Å². The predicted molar refractivity (Wildman–Crippen MR) is 79.1 cm³/mol. The number of nitrogens with zero attached hydrogens (tertiary/aromatic N) is 3. The first kappa shape index (κ1) is 14.5. The molecule has 1 fully saturated rings. The van der Waals surface area contributed by atoms with E-state index >= 15 is 0 Å². The molecule has 1 aromatic rings. The molecule has 2 rings (SSSR count). The van der Waals surface area contributed by atoms with E-state index in [9.17, 15) is 0 Å². The van der Waals surface area contributed by atoms with Crippen LogP contribution in [0.5, 0.6) is 0 Å². The SMILES string of the molecule is CCCN(Cc1ccnn1CC)CC1CCCNC1. The second-order valence-corrected chi connectivity index (χ2v) is 5.59. The summed E-state index contributed by atoms with van der Waals surface area (Å²) in [6.45, 7) is 11.2. The summed E-state index contributed by atoms with van der Waals surface area (Å²) in [7, 11) is 0. The van der Waals surface area contributed by atoms with Crippen LogP contribution in [0, 0.1) is 5.92 Å². The second-order valence-electron chi connectivity index (χ2n) is 5.59. The van der Waals surface area contributed by atoms with Crippen molar-refractivity contribution in [3.8, 4) is 0 Å². The Morgan fingerprint density at radius 3 is 3.05 bits per heavy atom. The molecule has 0 radical (unpaired) electrons. The maximum atomic E-state index is 4.37. The lowest BCUT2D eigenvalue weighted by Crippen LogP contribution is -2.38. The van der Waals surface area contributed by atoms with Crippen LogP contribution < -0.4 is 5.32 Å². The van der Waals surface area contributed by atoms with Gasteiger partial charge in [-0.1, -0.05) is 6.92 Å². The molecule has 1 atom stereocenters. The van der Waals surface area contributed by atoms with E-state index in [2.05, 4.69) is 39.9 Å². The fraction of sp³-hybridized carbons (Fsp3) is 0.800. The molecule has 1 aliphatic heterocycles. The van der Waals surface area contributed by atoms with Crippen LogP contribution in [0.1, 0.15) is 38.8 Å². The average Bonchev–Trinajstić information content (AvgIpc) is 2.87. The van der Waals surface area contributed by atoms with E-state index in [-0.39, 0.29) is 0 Å². The number of nitrogens with one attached hydrogen (secondary N) is 1. The van der Waals surface area contributed by atoms with Gasteiger partial charge < -0.3 is 5.32 Å². The molecule has 1 aromatic heterocycles. The van der Waals surface area contributed by atoms with Crippen LogP contribution in [0.2, 0.25) is 0 Å². The molecule has 1 aliphatic rings. The van der Waals surface area contributed by atoms with Gasteiger partial charge in [-0.15, -0.1) is 0 Å². The molecule has 4 heteroatoms. The topological polar surface area (TPSA) is 33.1 Å². The van der Waals surface area contributed by atoms with Crippen LogP contribution in [0.25, 0.3) is 0 Å². The first-order chi connectivity index (χ1) is 9.33. The molecule has 0 saturated carbocycles. The molecule has 19 heavy (non-hydrogen) atoms. The Morgan fingerprint density at radius 1 is 1.47 bits per heavy atom. The molecule has 108 valence electrons. The summed E-state index contributed by atoms with van der Waals surface area (Å²) in [5, 5.41) is 7.89. The van der Waals surface area contributed by atoms with Crippen molar-refractivity contribution in [2.45, 2.75) is 46.2 Å². The Labute approximate surface area is 117 Å². The number of aromatic nitrogens is 2. The monoisotopic (exact) mass is 264 g/mol. The van der Waals surface area contributed by atoms with E-state index < -0.39 is 0 Å². The number of piperidine rings is 1. The Hall–Kier alpha value is -0.870. The maximum absolute atomic E-state index is 4.37. The van der Waals surface area contributed by atoms with E-state index in [0.29, 0.717) is 0 Å². The Balaban J connectivity index is 1.91. The fourth-order valence-electron chi connectivity index (χ4n) is 3.00. The van der Waals surface area contributed by atoms with Crippen LogP contribution in [0.3, 0.4) is 0 Å². The third kappa shape index (κ3) is 4.32. The molecule has 2 heterocycles. The van der Waals surface area contributed by atoms with E-state index in [4.69, 9.17) is 0 Å². The summed E-state index contributed by atoms with van der Waals surface area (Å²) in [5.41, 5.74) is 1.35.